The Kier molecular flexibility index (Phi) is 3.85. The fourth-order valence-electron chi connectivity index (χ4n) is 2.85. The first kappa shape index (κ1) is 16.2. The van der Waals surface area contributed by atoms with Gasteiger partial charge >= 0.3 is 0 Å². The van der Waals surface area contributed by atoms with Crippen LogP contribution in [0.4, 0.5) is 5.69 Å². The SMILES string of the molecule is Cn1c(=S)[nH]c2cc(C(=O)Nc3cccc4cccnc34)ccc2c1=O. The summed E-state index contributed by atoms with van der Waals surface area (Å²) in [6.07, 6.45) is 1.68. The minimum absolute atomic E-state index is 0.200. The first-order valence-electron chi connectivity index (χ1n) is 7.93. The minimum atomic E-state index is -0.287. The monoisotopic (exact) mass is 362 g/mol. The van der Waals surface area contributed by atoms with Gasteiger partial charge in [-0.15, -0.1) is 0 Å². The van der Waals surface area contributed by atoms with Crippen LogP contribution >= 0.6 is 12.2 Å². The molecule has 6 nitrogen and oxygen atoms in total. The van der Waals surface area contributed by atoms with Crippen LogP contribution < -0.4 is 10.9 Å². The van der Waals surface area contributed by atoms with Crippen LogP contribution in [-0.2, 0) is 7.05 Å². The number of aromatic nitrogens is 3. The molecule has 4 aromatic rings. The molecule has 0 aliphatic rings. The summed E-state index contributed by atoms with van der Waals surface area (Å²) in [5, 5.41) is 4.30. The zero-order valence-electron chi connectivity index (χ0n) is 13.8. The van der Waals surface area contributed by atoms with Gasteiger partial charge in [-0.3, -0.25) is 19.1 Å². The Morgan fingerprint density at radius 1 is 1.19 bits per heavy atom. The highest BCUT2D eigenvalue weighted by Gasteiger charge is 2.11. The number of para-hydroxylation sites is 1. The van der Waals surface area contributed by atoms with E-state index >= 15 is 0 Å². The van der Waals surface area contributed by atoms with Gasteiger partial charge in [0.25, 0.3) is 11.5 Å². The van der Waals surface area contributed by atoms with E-state index in [1.807, 2.05) is 24.3 Å². The minimum Gasteiger partial charge on any atom is -0.332 e. The van der Waals surface area contributed by atoms with Gasteiger partial charge in [-0.1, -0.05) is 18.2 Å². The molecule has 2 N–H and O–H groups in total. The Balaban J connectivity index is 1.75. The predicted octanol–water partition coefficient (Wildman–Crippen LogP) is 3.40. The van der Waals surface area contributed by atoms with Crippen molar-refractivity contribution in [2.45, 2.75) is 0 Å². The zero-order valence-corrected chi connectivity index (χ0v) is 14.6. The van der Waals surface area contributed by atoms with Crippen molar-refractivity contribution >= 4 is 45.6 Å². The Labute approximate surface area is 153 Å². The molecule has 4 rings (SSSR count). The summed E-state index contributed by atoms with van der Waals surface area (Å²) in [7, 11) is 1.61. The van der Waals surface area contributed by atoms with Crippen molar-refractivity contribution in [1.29, 1.82) is 0 Å². The number of rotatable bonds is 2. The molecule has 0 unspecified atom stereocenters. The number of anilines is 1. The normalized spacial score (nSPS) is 11.0. The summed E-state index contributed by atoms with van der Waals surface area (Å²) in [4.78, 5) is 32.2. The van der Waals surface area contributed by atoms with Gasteiger partial charge in [0.1, 0.15) is 0 Å². The number of hydrogen-bond donors (Lipinski definition) is 2. The molecular weight excluding hydrogens is 348 g/mol. The molecule has 1 amide bonds. The summed E-state index contributed by atoms with van der Waals surface area (Å²) in [6.45, 7) is 0. The molecule has 0 saturated carbocycles. The summed E-state index contributed by atoms with van der Waals surface area (Å²) in [5.74, 6) is -0.287. The second kappa shape index (κ2) is 6.20. The second-order valence-corrected chi connectivity index (χ2v) is 6.28. The number of fused-ring (bicyclic) bond motifs is 2. The maximum absolute atomic E-state index is 12.7. The van der Waals surface area contributed by atoms with Crippen LogP contribution in [0.2, 0.25) is 0 Å². The molecule has 0 aliphatic carbocycles. The maximum atomic E-state index is 12.7. The van der Waals surface area contributed by atoms with Crippen molar-refractivity contribution in [2.24, 2.45) is 7.05 Å². The van der Waals surface area contributed by atoms with Crippen molar-refractivity contribution in [3.8, 4) is 0 Å². The molecule has 2 aromatic carbocycles. The summed E-state index contributed by atoms with van der Waals surface area (Å²) in [5.41, 5.74) is 2.10. The number of nitrogens with zero attached hydrogens (tertiary/aromatic N) is 2. The highest BCUT2D eigenvalue weighted by Crippen LogP contribution is 2.21. The highest BCUT2D eigenvalue weighted by molar-refractivity contribution is 7.71. The van der Waals surface area contributed by atoms with Gasteiger partial charge in [-0.2, -0.15) is 0 Å². The van der Waals surface area contributed by atoms with Gasteiger partial charge in [0, 0.05) is 24.2 Å². The number of hydrogen-bond acceptors (Lipinski definition) is 4. The van der Waals surface area contributed by atoms with Crippen LogP contribution in [0.5, 0.6) is 0 Å². The van der Waals surface area contributed by atoms with Crippen LogP contribution in [-0.4, -0.2) is 20.4 Å². The molecule has 0 aliphatic heterocycles. The van der Waals surface area contributed by atoms with E-state index < -0.39 is 0 Å². The number of aromatic amines is 1. The Morgan fingerprint density at radius 3 is 2.85 bits per heavy atom. The zero-order chi connectivity index (χ0) is 18.3. The Hall–Kier alpha value is -3.32. The lowest BCUT2D eigenvalue weighted by Gasteiger charge is -2.09. The van der Waals surface area contributed by atoms with E-state index in [1.165, 1.54) is 4.57 Å². The largest absolute Gasteiger partial charge is 0.332 e. The smallest absolute Gasteiger partial charge is 0.261 e. The second-order valence-electron chi connectivity index (χ2n) is 5.89. The van der Waals surface area contributed by atoms with Gasteiger partial charge in [0.2, 0.25) is 0 Å². The fourth-order valence-corrected chi connectivity index (χ4v) is 3.04. The van der Waals surface area contributed by atoms with E-state index in [0.717, 1.165) is 10.9 Å². The van der Waals surface area contributed by atoms with Gasteiger partial charge < -0.3 is 10.3 Å². The molecule has 2 aromatic heterocycles. The van der Waals surface area contributed by atoms with E-state index in [1.54, 1.807) is 37.5 Å². The van der Waals surface area contributed by atoms with E-state index in [0.29, 0.717) is 26.9 Å². The van der Waals surface area contributed by atoms with Crippen molar-refractivity contribution in [3.63, 3.8) is 0 Å². The van der Waals surface area contributed by atoms with Crippen LogP contribution in [0, 0.1) is 4.77 Å². The van der Waals surface area contributed by atoms with Crippen molar-refractivity contribution in [2.75, 3.05) is 5.32 Å². The van der Waals surface area contributed by atoms with Crippen molar-refractivity contribution < 1.29 is 4.79 Å². The van der Waals surface area contributed by atoms with E-state index in [9.17, 15) is 9.59 Å². The molecule has 0 radical (unpaired) electrons. The lowest BCUT2D eigenvalue weighted by atomic mass is 10.1. The van der Waals surface area contributed by atoms with Crippen molar-refractivity contribution in [1.82, 2.24) is 14.5 Å². The van der Waals surface area contributed by atoms with E-state index in [-0.39, 0.29) is 11.5 Å². The number of carbonyl (C=O) groups is 1. The average molecular weight is 362 g/mol. The predicted molar refractivity (Wildman–Crippen MR) is 104 cm³/mol. The topological polar surface area (TPSA) is 79.8 Å². The fraction of sp³-hybridized carbons (Fsp3) is 0.0526. The van der Waals surface area contributed by atoms with E-state index in [2.05, 4.69) is 15.3 Å². The molecule has 0 atom stereocenters. The molecule has 0 saturated heterocycles. The van der Waals surface area contributed by atoms with Gasteiger partial charge in [-0.25, -0.2) is 0 Å². The quantitative estimate of drug-likeness (QED) is 0.536. The first-order valence-corrected chi connectivity index (χ1v) is 8.33. The lowest BCUT2D eigenvalue weighted by molar-refractivity contribution is 0.102. The Bertz CT molecular complexity index is 1280. The standard InChI is InChI=1S/C19H14N4O2S/c1-23-18(25)13-8-7-12(10-15(13)22-19(23)26)17(24)21-14-6-2-4-11-5-3-9-20-16(11)14/h2-10H,1H3,(H,21,24)(H,22,26). The number of benzene rings is 2. The molecule has 0 spiro atoms. The average Bonchev–Trinajstić information content (AvgIpc) is 2.66. The third kappa shape index (κ3) is 2.68. The van der Waals surface area contributed by atoms with Gasteiger partial charge in [0.05, 0.1) is 22.1 Å². The molecule has 0 bridgehead atoms. The summed E-state index contributed by atoms with van der Waals surface area (Å²) in [6, 6.07) is 14.3. The molecule has 0 fully saturated rings. The number of nitrogens with one attached hydrogen (secondary N) is 2. The lowest BCUT2D eigenvalue weighted by Crippen LogP contribution is -2.19. The molecule has 26 heavy (non-hydrogen) atoms. The third-order valence-corrected chi connectivity index (χ3v) is 4.62. The first-order chi connectivity index (χ1) is 12.5. The molecular formula is C19H14N4O2S. The molecule has 128 valence electrons. The maximum Gasteiger partial charge on any atom is 0.261 e. The van der Waals surface area contributed by atoms with Gasteiger partial charge in [0.15, 0.2) is 4.77 Å². The van der Waals surface area contributed by atoms with Crippen molar-refractivity contribution in [3.05, 3.63) is 75.4 Å². The number of pyridine rings is 1. The van der Waals surface area contributed by atoms with Gasteiger partial charge in [-0.05, 0) is 42.5 Å². The number of H-pyrrole nitrogens is 1. The summed E-state index contributed by atoms with van der Waals surface area (Å²) >= 11 is 5.13. The van der Waals surface area contributed by atoms with Crippen LogP contribution in [0.3, 0.4) is 0 Å². The molecule has 2 heterocycles. The third-order valence-electron chi connectivity index (χ3n) is 4.24. The highest BCUT2D eigenvalue weighted by atomic mass is 32.1. The summed E-state index contributed by atoms with van der Waals surface area (Å²) < 4.78 is 1.66. The number of amides is 1. The van der Waals surface area contributed by atoms with E-state index in [4.69, 9.17) is 12.2 Å². The van der Waals surface area contributed by atoms with Crippen LogP contribution in [0.1, 0.15) is 10.4 Å². The molecule has 7 heteroatoms. The Morgan fingerprint density at radius 2 is 2.00 bits per heavy atom. The van der Waals surface area contributed by atoms with Crippen LogP contribution in [0.15, 0.2) is 59.5 Å². The van der Waals surface area contributed by atoms with Crippen LogP contribution in [0.25, 0.3) is 21.8 Å². The number of carbonyl (C=O) groups excluding carboxylic acids is 1.